The van der Waals surface area contributed by atoms with Crippen molar-refractivity contribution in [3.8, 4) is 0 Å². The first-order chi connectivity index (χ1) is 13.7. The van der Waals surface area contributed by atoms with Gasteiger partial charge in [0.25, 0.3) is 11.8 Å². The number of carbonyl (C=O) groups excluding carboxylic acids is 2. The van der Waals surface area contributed by atoms with Crippen LogP contribution in [-0.2, 0) is 6.54 Å². The van der Waals surface area contributed by atoms with Crippen LogP contribution in [0.1, 0.15) is 26.5 Å². The van der Waals surface area contributed by atoms with Crippen LogP contribution < -0.4 is 10.6 Å². The van der Waals surface area contributed by atoms with E-state index < -0.39 is 0 Å². The monoisotopic (exact) mass is 372 g/mol. The second-order valence-corrected chi connectivity index (χ2v) is 6.00. The smallest absolute Gasteiger partial charge is 0.257 e. The van der Waals surface area contributed by atoms with Gasteiger partial charge in [0.15, 0.2) is 11.5 Å². The van der Waals surface area contributed by atoms with E-state index >= 15 is 0 Å². The van der Waals surface area contributed by atoms with Crippen LogP contribution in [-0.4, -0.2) is 31.4 Å². The zero-order valence-corrected chi connectivity index (χ0v) is 14.7. The highest BCUT2D eigenvalue weighted by atomic mass is 16.2. The third-order valence-corrected chi connectivity index (χ3v) is 4.10. The molecule has 4 aromatic rings. The highest BCUT2D eigenvalue weighted by molar-refractivity contribution is 6.04. The Kier molecular flexibility index (Phi) is 4.75. The largest absolute Gasteiger partial charge is 0.345 e. The highest BCUT2D eigenvalue weighted by Gasteiger charge is 2.11. The summed E-state index contributed by atoms with van der Waals surface area (Å²) in [6.45, 7) is 0.232. The molecule has 0 unspecified atom stereocenters. The van der Waals surface area contributed by atoms with E-state index in [1.807, 2.05) is 28.8 Å². The minimum absolute atomic E-state index is 0.232. The minimum atomic E-state index is -0.291. The Hall–Kier alpha value is -4.07. The van der Waals surface area contributed by atoms with Gasteiger partial charge in [0.1, 0.15) is 0 Å². The third-order valence-electron chi connectivity index (χ3n) is 4.10. The first-order valence-electron chi connectivity index (χ1n) is 8.59. The third kappa shape index (κ3) is 3.70. The topological polar surface area (TPSA) is 101 Å². The molecule has 28 heavy (non-hydrogen) atoms. The van der Waals surface area contributed by atoms with Crippen LogP contribution in [0.15, 0.2) is 73.2 Å². The van der Waals surface area contributed by atoms with Gasteiger partial charge in [-0.05, 0) is 42.5 Å². The van der Waals surface area contributed by atoms with Crippen LogP contribution in [0, 0.1) is 0 Å². The van der Waals surface area contributed by atoms with Crippen molar-refractivity contribution in [2.45, 2.75) is 6.54 Å². The normalized spacial score (nSPS) is 10.6. The van der Waals surface area contributed by atoms with Gasteiger partial charge < -0.3 is 10.6 Å². The number of nitrogens with one attached hydrogen (secondary N) is 2. The van der Waals surface area contributed by atoms with Crippen LogP contribution >= 0.6 is 0 Å². The molecular weight excluding hydrogens is 356 g/mol. The van der Waals surface area contributed by atoms with Crippen molar-refractivity contribution in [2.75, 3.05) is 5.32 Å². The molecule has 3 heterocycles. The highest BCUT2D eigenvalue weighted by Crippen LogP contribution is 2.12. The SMILES string of the molecule is O=C(NCc1nnc2ccccn12)c1cccc(NC(=O)c2cccnc2)c1. The average Bonchev–Trinajstić information content (AvgIpc) is 3.16. The van der Waals surface area contributed by atoms with E-state index in [-0.39, 0.29) is 18.4 Å². The summed E-state index contributed by atoms with van der Waals surface area (Å²) in [6, 6.07) is 15.7. The summed E-state index contributed by atoms with van der Waals surface area (Å²) in [4.78, 5) is 28.6. The Morgan fingerprint density at radius 1 is 0.929 bits per heavy atom. The number of nitrogens with zero attached hydrogens (tertiary/aromatic N) is 4. The minimum Gasteiger partial charge on any atom is -0.345 e. The number of anilines is 1. The predicted molar refractivity (Wildman–Crippen MR) is 103 cm³/mol. The van der Waals surface area contributed by atoms with Crippen molar-refractivity contribution in [3.63, 3.8) is 0 Å². The number of amides is 2. The second kappa shape index (κ2) is 7.67. The fraction of sp³-hybridized carbons (Fsp3) is 0.0500. The number of benzene rings is 1. The van der Waals surface area contributed by atoms with Gasteiger partial charge in [-0.2, -0.15) is 0 Å². The molecule has 0 spiro atoms. The summed E-state index contributed by atoms with van der Waals surface area (Å²) in [5.41, 5.74) is 2.11. The number of hydrogen-bond donors (Lipinski definition) is 2. The van der Waals surface area contributed by atoms with Crippen LogP contribution in [0.5, 0.6) is 0 Å². The zero-order valence-electron chi connectivity index (χ0n) is 14.7. The standard InChI is InChI=1S/C20H16N6O2/c27-19(22-13-18-25-24-17-8-1-2-10-26(17)18)14-5-3-7-16(11-14)23-20(28)15-6-4-9-21-12-15/h1-12H,13H2,(H,22,27)(H,23,28). The van der Waals surface area contributed by atoms with E-state index in [1.165, 1.54) is 6.20 Å². The fourth-order valence-corrected chi connectivity index (χ4v) is 2.71. The fourth-order valence-electron chi connectivity index (χ4n) is 2.71. The first-order valence-corrected chi connectivity index (χ1v) is 8.59. The summed E-state index contributed by atoms with van der Waals surface area (Å²) < 4.78 is 1.81. The van der Waals surface area contributed by atoms with Crippen molar-refractivity contribution in [1.29, 1.82) is 0 Å². The van der Waals surface area contributed by atoms with E-state index in [1.54, 1.807) is 42.6 Å². The first kappa shape index (κ1) is 17.3. The Balaban J connectivity index is 1.43. The zero-order chi connectivity index (χ0) is 19.3. The van der Waals surface area contributed by atoms with Crippen LogP contribution in [0.2, 0.25) is 0 Å². The summed E-state index contributed by atoms with van der Waals surface area (Å²) in [6.07, 6.45) is 4.92. The lowest BCUT2D eigenvalue weighted by Crippen LogP contribution is -2.24. The quantitative estimate of drug-likeness (QED) is 0.560. The van der Waals surface area contributed by atoms with Crippen LogP contribution in [0.3, 0.4) is 0 Å². The molecule has 0 bridgehead atoms. The van der Waals surface area contributed by atoms with Gasteiger partial charge in [-0.25, -0.2) is 0 Å². The van der Waals surface area contributed by atoms with Crippen molar-refractivity contribution in [3.05, 3.63) is 90.1 Å². The molecule has 0 aliphatic carbocycles. The molecule has 1 aromatic carbocycles. The van der Waals surface area contributed by atoms with Crippen molar-refractivity contribution in [1.82, 2.24) is 24.9 Å². The van der Waals surface area contributed by atoms with Gasteiger partial charge in [0.2, 0.25) is 0 Å². The lowest BCUT2D eigenvalue weighted by molar-refractivity contribution is 0.0948. The molecule has 0 saturated carbocycles. The van der Waals surface area contributed by atoms with Gasteiger partial charge in [-0.15, -0.1) is 10.2 Å². The number of fused-ring (bicyclic) bond motifs is 1. The Labute approximate surface area is 160 Å². The molecule has 0 aliphatic heterocycles. The van der Waals surface area contributed by atoms with Gasteiger partial charge in [-0.1, -0.05) is 12.1 Å². The number of pyridine rings is 2. The van der Waals surface area contributed by atoms with E-state index in [2.05, 4.69) is 25.8 Å². The summed E-state index contributed by atoms with van der Waals surface area (Å²) in [7, 11) is 0. The summed E-state index contributed by atoms with van der Waals surface area (Å²) in [5, 5.41) is 13.7. The van der Waals surface area contributed by atoms with Gasteiger partial charge >= 0.3 is 0 Å². The molecule has 0 fully saturated rings. The Morgan fingerprint density at radius 3 is 2.68 bits per heavy atom. The molecule has 2 amide bonds. The summed E-state index contributed by atoms with van der Waals surface area (Å²) in [5.74, 6) is 0.0655. The van der Waals surface area contributed by atoms with Gasteiger partial charge in [-0.3, -0.25) is 19.0 Å². The molecule has 2 N–H and O–H groups in total. The lowest BCUT2D eigenvalue weighted by Gasteiger charge is -2.08. The van der Waals surface area contributed by atoms with Gasteiger partial charge in [0, 0.05) is 29.8 Å². The van der Waals surface area contributed by atoms with E-state index in [0.717, 1.165) is 0 Å². The molecule has 0 aliphatic rings. The molecule has 0 radical (unpaired) electrons. The molecule has 0 atom stereocenters. The molecule has 3 aromatic heterocycles. The van der Waals surface area contributed by atoms with Crippen LogP contribution in [0.25, 0.3) is 5.65 Å². The van der Waals surface area contributed by atoms with Crippen molar-refractivity contribution in [2.24, 2.45) is 0 Å². The molecule has 8 heteroatoms. The van der Waals surface area contributed by atoms with E-state index in [4.69, 9.17) is 0 Å². The second-order valence-electron chi connectivity index (χ2n) is 6.00. The predicted octanol–water partition coefficient (Wildman–Crippen LogP) is 2.31. The molecule has 0 saturated heterocycles. The van der Waals surface area contributed by atoms with Crippen molar-refractivity contribution < 1.29 is 9.59 Å². The van der Waals surface area contributed by atoms with E-state index in [9.17, 15) is 9.59 Å². The number of carbonyl (C=O) groups is 2. The number of hydrogen-bond acceptors (Lipinski definition) is 5. The Bertz CT molecular complexity index is 1140. The maximum Gasteiger partial charge on any atom is 0.257 e. The Morgan fingerprint density at radius 2 is 1.82 bits per heavy atom. The van der Waals surface area contributed by atoms with Gasteiger partial charge in [0.05, 0.1) is 12.1 Å². The lowest BCUT2D eigenvalue weighted by atomic mass is 10.1. The summed E-state index contributed by atoms with van der Waals surface area (Å²) >= 11 is 0. The average molecular weight is 372 g/mol. The molecular formula is C20H16N6O2. The number of rotatable bonds is 5. The molecule has 138 valence electrons. The molecule has 4 rings (SSSR count). The number of aromatic nitrogens is 4. The van der Waals surface area contributed by atoms with Crippen LogP contribution in [0.4, 0.5) is 5.69 Å². The maximum atomic E-state index is 12.5. The van der Waals surface area contributed by atoms with Crippen molar-refractivity contribution >= 4 is 23.1 Å². The van der Waals surface area contributed by atoms with E-state index in [0.29, 0.717) is 28.3 Å². The molecule has 8 nitrogen and oxygen atoms in total. The maximum absolute atomic E-state index is 12.5.